The summed E-state index contributed by atoms with van der Waals surface area (Å²) in [6.45, 7) is 6.74. The van der Waals surface area contributed by atoms with Crippen molar-refractivity contribution in [3.63, 3.8) is 0 Å². The minimum atomic E-state index is 0.275. The highest BCUT2D eigenvalue weighted by molar-refractivity contribution is 8.00. The molecule has 0 saturated carbocycles. The first kappa shape index (κ1) is 14.8. The number of hydrogen-bond donors (Lipinski definition) is 2. The topological polar surface area (TPSA) is 50.9 Å². The van der Waals surface area contributed by atoms with Crippen molar-refractivity contribution in [3.05, 3.63) is 29.6 Å². The Morgan fingerprint density at radius 2 is 2.32 bits per heavy atom. The van der Waals surface area contributed by atoms with Crippen molar-refractivity contribution in [2.45, 2.75) is 56.7 Å². The lowest BCUT2D eigenvalue weighted by Gasteiger charge is -2.32. The molecule has 1 aromatic rings. The molecule has 0 bridgehead atoms. The zero-order valence-corrected chi connectivity index (χ0v) is 13.0. The second-order valence-electron chi connectivity index (χ2n) is 6.24. The number of pyridine rings is 1. The van der Waals surface area contributed by atoms with E-state index in [0.717, 1.165) is 12.2 Å². The van der Waals surface area contributed by atoms with Crippen LogP contribution in [0.15, 0.2) is 18.3 Å². The van der Waals surface area contributed by atoms with Crippen LogP contribution in [0.4, 0.5) is 0 Å². The van der Waals surface area contributed by atoms with Gasteiger partial charge in [0.05, 0.1) is 0 Å². The highest BCUT2D eigenvalue weighted by Crippen LogP contribution is 2.35. The molecule has 106 valence electrons. The molecule has 19 heavy (non-hydrogen) atoms. The van der Waals surface area contributed by atoms with Crippen LogP contribution in [-0.4, -0.2) is 21.5 Å². The summed E-state index contributed by atoms with van der Waals surface area (Å²) in [7, 11) is 0. The van der Waals surface area contributed by atoms with Crippen LogP contribution >= 0.6 is 11.8 Å². The van der Waals surface area contributed by atoms with Crippen molar-refractivity contribution in [1.82, 2.24) is 10.4 Å². The molecular weight excluding hydrogens is 254 g/mol. The maximum atomic E-state index is 5.80. The molecule has 0 amide bonds. The van der Waals surface area contributed by atoms with Crippen molar-refractivity contribution in [2.24, 2.45) is 5.84 Å². The molecule has 0 radical (unpaired) electrons. The summed E-state index contributed by atoms with van der Waals surface area (Å²) in [5.74, 6) is 7.28. The minimum absolute atomic E-state index is 0.275. The Kier molecular flexibility index (Phi) is 4.87. The van der Waals surface area contributed by atoms with Crippen LogP contribution in [-0.2, 0) is 6.42 Å². The summed E-state index contributed by atoms with van der Waals surface area (Å²) in [5, 5.41) is 0. The SMILES string of the molecule is CC(C)(C)SCC(NN)C1CCCc2cccnc21. The van der Waals surface area contributed by atoms with Gasteiger partial charge in [-0.2, -0.15) is 11.8 Å². The van der Waals surface area contributed by atoms with Gasteiger partial charge in [0, 0.05) is 34.4 Å². The molecule has 2 atom stereocenters. The third-order valence-corrected chi connectivity index (χ3v) is 5.03. The molecule has 1 aliphatic carbocycles. The van der Waals surface area contributed by atoms with E-state index in [1.807, 2.05) is 24.0 Å². The van der Waals surface area contributed by atoms with Gasteiger partial charge in [0.25, 0.3) is 0 Å². The molecule has 0 aliphatic heterocycles. The second-order valence-corrected chi connectivity index (χ2v) is 8.09. The van der Waals surface area contributed by atoms with E-state index < -0.39 is 0 Å². The summed E-state index contributed by atoms with van der Waals surface area (Å²) in [5.41, 5.74) is 5.68. The molecule has 0 fully saturated rings. The summed E-state index contributed by atoms with van der Waals surface area (Å²) in [4.78, 5) is 4.61. The van der Waals surface area contributed by atoms with Gasteiger partial charge >= 0.3 is 0 Å². The first-order chi connectivity index (χ1) is 9.01. The number of fused-ring (bicyclic) bond motifs is 1. The number of hydrazine groups is 1. The molecule has 3 nitrogen and oxygen atoms in total. The van der Waals surface area contributed by atoms with Gasteiger partial charge in [0.2, 0.25) is 0 Å². The molecule has 0 aromatic carbocycles. The van der Waals surface area contributed by atoms with Crippen molar-refractivity contribution in [3.8, 4) is 0 Å². The first-order valence-corrected chi connectivity index (χ1v) is 8.03. The number of nitrogens with two attached hydrogens (primary N) is 1. The van der Waals surface area contributed by atoms with E-state index in [4.69, 9.17) is 5.84 Å². The Hall–Kier alpha value is -0.580. The van der Waals surface area contributed by atoms with Gasteiger partial charge in [0.15, 0.2) is 0 Å². The van der Waals surface area contributed by atoms with Crippen LogP contribution in [0.2, 0.25) is 0 Å². The number of hydrogen-bond acceptors (Lipinski definition) is 4. The average Bonchev–Trinajstić information content (AvgIpc) is 2.38. The molecule has 3 N–H and O–H groups in total. The fraction of sp³-hybridized carbons (Fsp3) is 0.667. The zero-order valence-electron chi connectivity index (χ0n) is 12.1. The van der Waals surface area contributed by atoms with Gasteiger partial charge in [-0.3, -0.25) is 16.3 Å². The highest BCUT2D eigenvalue weighted by atomic mass is 32.2. The maximum Gasteiger partial charge on any atom is 0.0482 e. The Bertz CT molecular complexity index is 414. The van der Waals surface area contributed by atoms with Crippen LogP contribution in [0.1, 0.15) is 50.8 Å². The quantitative estimate of drug-likeness (QED) is 0.657. The van der Waals surface area contributed by atoms with E-state index in [2.05, 4.69) is 37.2 Å². The van der Waals surface area contributed by atoms with Gasteiger partial charge in [-0.15, -0.1) is 0 Å². The molecular formula is C15H25N3S. The number of aromatic nitrogens is 1. The third kappa shape index (κ3) is 3.94. The number of nitrogens with one attached hydrogen (secondary N) is 1. The normalized spacial score (nSPS) is 20.9. The first-order valence-electron chi connectivity index (χ1n) is 7.05. The monoisotopic (exact) mass is 279 g/mol. The van der Waals surface area contributed by atoms with E-state index >= 15 is 0 Å². The van der Waals surface area contributed by atoms with Crippen LogP contribution < -0.4 is 11.3 Å². The van der Waals surface area contributed by atoms with Crippen molar-refractivity contribution >= 4 is 11.8 Å². The van der Waals surface area contributed by atoms with E-state index in [9.17, 15) is 0 Å². The molecule has 1 heterocycles. The summed E-state index contributed by atoms with van der Waals surface area (Å²) < 4.78 is 0.275. The van der Waals surface area contributed by atoms with Gasteiger partial charge in [0.1, 0.15) is 0 Å². The molecule has 0 spiro atoms. The predicted octanol–water partition coefficient (Wildman–Crippen LogP) is 2.87. The van der Waals surface area contributed by atoms with Gasteiger partial charge in [-0.05, 0) is 30.9 Å². The highest BCUT2D eigenvalue weighted by Gasteiger charge is 2.29. The fourth-order valence-corrected chi connectivity index (χ4v) is 3.67. The molecule has 1 aromatic heterocycles. The largest absolute Gasteiger partial charge is 0.271 e. The Labute approximate surface area is 120 Å². The lowest BCUT2D eigenvalue weighted by atomic mass is 9.83. The smallest absolute Gasteiger partial charge is 0.0482 e. The molecule has 0 saturated heterocycles. The minimum Gasteiger partial charge on any atom is -0.271 e. The number of nitrogens with zero attached hydrogens (tertiary/aromatic N) is 1. The number of rotatable bonds is 4. The van der Waals surface area contributed by atoms with E-state index in [1.54, 1.807) is 0 Å². The fourth-order valence-electron chi connectivity index (χ4n) is 2.66. The van der Waals surface area contributed by atoms with Crippen LogP contribution in [0.5, 0.6) is 0 Å². The summed E-state index contributed by atoms with van der Waals surface area (Å²) in [6.07, 6.45) is 5.48. The lowest BCUT2D eigenvalue weighted by molar-refractivity contribution is 0.416. The van der Waals surface area contributed by atoms with Gasteiger partial charge in [-0.25, -0.2) is 0 Å². The third-order valence-electron chi connectivity index (χ3n) is 3.63. The van der Waals surface area contributed by atoms with E-state index in [1.165, 1.54) is 24.1 Å². The lowest BCUT2D eigenvalue weighted by Crippen LogP contribution is -2.43. The Balaban J connectivity index is 2.11. The summed E-state index contributed by atoms with van der Waals surface area (Å²) >= 11 is 1.96. The Morgan fingerprint density at radius 1 is 1.53 bits per heavy atom. The van der Waals surface area contributed by atoms with Crippen molar-refractivity contribution in [1.29, 1.82) is 0 Å². The molecule has 2 rings (SSSR count). The van der Waals surface area contributed by atoms with Gasteiger partial charge in [-0.1, -0.05) is 26.8 Å². The van der Waals surface area contributed by atoms with Crippen molar-refractivity contribution < 1.29 is 0 Å². The standard InChI is InChI=1S/C15H25N3S/c1-15(2,3)19-10-13(18-16)12-8-4-6-11-7-5-9-17-14(11)12/h5,7,9,12-13,18H,4,6,8,10,16H2,1-3H3. The van der Waals surface area contributed by atoms with Gasteiger partial charge < -0.3 is 0 Å². The molecule has 4 heteroatoms. The van der Waals surface area contributed by atoms with E-state index in [-0.39, 0.29) is 4.75 Å². The van der Waals surface area contributed by atoms with E-state index in [0.29, 0.717) is 12.0 Å². The van der Waals surface area contributed by atoms with Crippen LogP contribution in [0.25, 0.3) is 0 Å². The van der Waals surface area contributed by atoms with Crippen LogP contribution in [0, 0.1) is 0 Å². The average molecular weight is 279 g/mol. The Morgan fingerprint density at radius 3 is 3.00 bits per heavy atom. The second kappa shape index (κ2) is 6.25. The van der Waals surface area contributed by atoms with Crippen molar-refractivity contribution in [2.75, 3.05) is 5.75 Å². The van der Waals surface area contributed by atoms with Crippen LogP contribution in [0.3, 0.4) is 0 Å². The maximum absolute atomic E-state index is 5.80. The molecule has 1 aliphatic rings. The predicted molar refractivity (Wildman–Crippen MR) is 83.2 cm³/mol. The number of thioether (sulfide) groups is 1. The summed E-state index contributed by atoms with van der Waals surface area (Å²) in [6, 6.07) is 4.55. The number of aryl methyl sites for hydroxylation is 1. The zero-order chi connectivity index (χ0) is 13.9. The molecule has 2 unspecified atom stereocenters.